The molecule has 0 unspecified atom stereocenters. The molecule has 0 saturated heterocycles. The maximum absolute atomic E-state index is 11.1. The first-order valence-corrected chi connectivity index (χ1v) is 7.40. The van der Waals surface area contributed by atoms with Crippen LogP contribution < -0.4 is 5.32 Å². The summed E-state index contributed by atoms with van der Waals surface area (Å²) in [7, 11) is 1.70. The maximum atomic E-state index is 11.1. The van der Waals surface area contributed by atoms with E-state index in [1.165, 1.54) is 16.0 Å². The van der Waals surface area contributed by atoms with Crippen molar-refractivity contribution in [2.45, 2.75) is 19.8 Å². The third-order valence-corrected chi connectivity index (χ3v) is 4.19. The molecule has 2 aromatic rings. The Hall–Kier alpha value is -1.60. The fourth-order valence-electron chi connectivity index (χ4n) is 1.99. The smallest absolute Gasteiger partial charge is 0.333 e. The van der Waals surface area contributed by atoms with Crippen LogP contribution in [0, 0.1) is 10.1 Å². The van der Waals surface area contributed by atoms with Crippen molar-refractivity contribution in [2.75, 3.05) is 11.9 Å². The molecule has 0 aromatic carbocycles. The van der Waals surface area contributed by atoms with Crippen LogP contribution >= 0.6 is 22.9 Å². The van der Waals surface area contributed by atoms with E-state index in [9.17, 15) is 10.1 Å². The van der Waals surface area contributed by atoms with Crippen molar-refractivity contribution in [2.24, 2.45) is 7.05 Å². The van der Waals surface area contributed by atoms with Crippen molar-refractivity contribution < 1.29 is 4.92 Å². The predicted octanol–water partition coefficient (Wildman–Crippen LogP) is 3.26. The van der Waals surface area contributed by atoms with E-state index < -0.39 is 0 Å². The SMILES string of the molecule is CCc1nn(C)c(NCCc2ccc(Cl)s2)c1[N+](=O)[O-]. The Balaban J connectivity index is 2.09. The summed E-state index contributed by atoms with van der Waals surface area (Å²) in [6.45, 7) is 2.45. The number of aromatic nitrogens is 2. The molecule has 2 aromatic heterocycles. The van der Waals surface area contributed by atoms with Gasteiger partial charge in [0.15, 0.2) is 0 Å². The van der Waals surface area contributed by atoms with Crippen molar-refractivity contribution >= 4 is 34.4 Å². The third kappa shape index (κ3) is 3.10. The molecule has 8 heteroatoms. The van der Waals surface area contributed by atoms with Crippen LogP contribution in [0.2, 0.25) is 4.34 Å². The van der Waals surface area contributed by atoms with Gasteiger partial charge in [-0.1, -0.05) is 18.5 Å². The topological polar surface area (TPSA) is 73.0 Å². The average Bonchev–Trinajstić information content (AvgIpc) is 2.94. The van der Waals surface area contributed by atoms with E-state index in [0.29, 0.717) is 24.5 Å². The number of thiophene rings is 1. The fourth-order valence-corrected chi connectivity index (χ4v) is 3.07. The van der Waals surface area contributed by atoms with Gasteiger partial charge in [-0.05, 0) is 25.0 Å². The first-order valence-electron chi connectivity index (χ1n) is 6.21. The lowest BCUT2D eigenvalue weighted by atomic mass is 10.3. The van der Waals surface area contributed by atoms with Crippen LogP contribution in [0.1, 0.15) is 17.5 Å². The van der Waals surface area contributed by atoms with Crippen LogP contribution in [0.4, 0.5) is 11.5 Å². The summed E-state index contributed by atoms with van der Waals surface area (Å²) < 4.78 is 2.28. The normalized spacial score (nSPS) is 10.8. The van der Waals surface area contributed by atoms with Gasteiger partial charge < -0.3 is 5.32 Å². The van der Waals surface area contributed by atoms with Crippen LogP contribution in [-0.2, 0) is 19.9 Å². The Bertz CT molecular complexity index is 623. The number of hydrogen-bond donors (Lipinski definition) is 1. The lowest BCUT2D eigenvalue weighted by Gasteiger charge is -2.04. The molecule has 2 heterocycles. The Morgan fingerprint density at radius 2 is 2.30 bits per heavy atom. The Labute approximate surface area is 125 Å². The van der Waals surface area contributed by atoms with E-state index in [1.807, 2.05) is 19.1 Å². The molecule has 2 rings (SSSR count). The van der Waals surface area contributed by atoms with Crippen LogP contribution in [0.15, 0.2) is 12.1 Å². The van der Waals surface area contributed by atoms with Crippen LogP contribution in [0.3, 0.4) is 0 Å². The zero-order chi connectivity index (χ0) is 14.7. The highest BCUT2D eigenvalue weighted by molar-refractivity contribution is 7.16. The molecule has 0 spiro atoms. The zero-order valence-electron chi connectivity index (χ0n) is 11.2. The van der Waals surface area contributed by atoms with Gasteiger partial charge in [0.25, 0.3) is 0 Å². The number of hydrogen-bond acceptors (Lipinski definition) is 5. The number of halogens is 1. The monoisotopic (exact) mass is 314 g/mol. The second-order valence-corrected chi connectivity index (χ2v) is 6.06. The van der Waals surface area contributed by atoms with E-state index in [1.54, 1.807) is 7.05 Å². The van der Waals surface area contributed by atoms with Gasteiger partial charge in [0.05, 0.1) is 9.26 Å². The van der Waals surface area contributed by atoms with E-state index in [0.717, 1.165) is 15.6 Å². The molecule has 0 aliphatic carbocycles. The van der Waals surface area contributed by atoms with Gasteiger partial charge in [-0.3, -0.25) is 10.1 Å². The second kappa shape index (κ2) is 6.23. The first kappa shape index (κ1) is 14.8. The van der Waals surface area contributed by atoms with Gasteiger partial charge in [-0.2, -0.15) is 5.10 Å². The standard InChI is InChI=1S/C12H15ClN4O2S/c1-3-9-11(17(18)19)12(16(2)15-9)14-7-6-8-4-5-10(13)20-8/h4-5,14H,3,6-7H2,1-2H3. The van der Waals surface area contributed by atoms with E-state index in [-0.39, 0.29) is 10.6 Å². The lowest BCUT2D eigenvalue weighted by Crippen LogP contribution is -2.09. The Morgan fingerprint density at radius 1 is 1.55 bits per heavy atom. The van der Waals surface area contributed by atoms with Crippen LogP contribution in [-0.4, -0.2) is 21.2 Å². The van der Waals surface area contributed by atoms with E-state index in [4.69, 9.17) is 11.6 Å². The van der Waals surface area contributed by atoms with E-state index >= 15 is 0 Å². The number of nitrogens with zero attached hydrogens (tertiary/aromatic N) is 3. The van der Waals surface area contributed by atoms with Crippen LogP contribution in [0.25, 0.3) is 0 Å². The number of rotatable bonds is 6. The molecular formula is C12H15ClN4O2S. The minimum Gasteiger partial charge on any atom is -0.364 e. The van der Waals surface area contributed by atoms with Crippen molar-refractivity contribution in [3.8, 4) is 0 Å². The summed E-state index contributed by atoms with van der Waals surface area (Å²) in [5.74, 6) is 0.453. The quantitative estimate of drug-likeness (QED) is 0.656. The Kier molecular flexibility index (Phi) is 4.61. The van der Waals surface area contributed by atoms with Crippen molar-refractivity contribution in [1.29, 1.82) is 0 Å². The molecule has 0 aliphatic rings. The number of anilines is 1. The molecule has 20 heavy (non-hydrogen) atoms. The van der Waals surface area contributed by atoms with Gasteiger partial charge in [-0.15, -0.1) is 11.3 Å². The zero-order valence-corrected chi connectivity index (χ0v) is 12.8. The van der Waals surface area contributed by atoms with Crippen LogP contribution in [0.5, 0.6) is 0 Å². The van der Waals surface area contributed by atoms with Gasteiger partial charge in [0, 0.05) is 18.5 Å². The molecule has 0 amide bonds. The minimum absolute atomic E-state index is 0.0687. The summed E-state index contributed by atoms with van der Waals surface area (Å²) in [6, 6.07) is 3.81. The Morgan fingerprint density at radius 3 is 2.85 bits per heavy atom. The van der Waals surface area contributed by atoms with Gasteiger partial charge in [0.2, 0.25) is 5.82 Å². The second-order valence-electron chi connectivity index (χ2n) is 4.26. The number of aryl methyl sites for hydroxylation is 2. The molecule has 0 radical (unpaired) electrons. The maximum Gasteiger partial charge on any atom is 0.333 e. The third-order valence-electron chi connectivity index (χ3n) is 2.90. The summed E-state index contributed by atoms with van der Waals surface area (Å²) in [6.07, 6.45) is 1.30. The minimum atomic E-state index is -0.379. The van der Waals surface area contributed by atoms with Crippen molar-refractivity contribution in [3.63, 3.8) is 0 Å². The molecule has 1 N–H and O–H groups in total. The van der Waals surface area contributed by atoms with Gasteiger partial charge in [-0.25, -0.2) is 4.68 Å². The first-order chi connectivity index (χ1) is 9.52. The molecule has 0 bridgehead atoms. The molecule has 0 aliphatic heterocycles. The average molecular weight is 315 g/mol. The highest BCUT2D eigenvalue weighted by atomic mass is 35.5. The summed E-state index contributed by atoms with van der Waals surface area (Å²) in [5.41, 5.74) is 0.568. The summed E-state index contributed by atoms with van der Waals surface area (Å²) in [5, 5.41) is 18.4. The number of nitrogens with one attached hydrogen (secondary N) is 1. The molecule has 6 nitrogen and oxygen atoms in total. The van der Waals surface area contributed by atoms with Gasteiger partial charge in [0.1, 0.15) is 5.69 Å². The predicted molar refractivity (Wildman–Crippen MR) is 80.8 cm³/mol. The molecule has 108 valence electrons. The molecule has 0 saturated carbocycles. The van der Waals surface area contributed by atoms with E-state index in [2.05, 4.69) is 10.4 Å². The highest BCUT2D eigenvalue weighted by Gasteiger charge is 2.25. The van der Waals surface area contributed by atoms with Gasteiger partial charge >= 0.3 is 5.69 Å². The number of nitro groups is 1. The largest absolute Gasteiger partial charge is 0.364 e. The lowest BCUT2D eigenvalue weighted by molar-refractivity contribution is -0.384. The molecule has 0 atom stereocenters. The molecular weight excluding hydrogens is 300 g/mol. The highest BCUT2D eigenvalue weighted by Crippen LogP contribution is 2.28. The summed E-state index contributed by atoms with van der Waals surface area (Å²) in [4.78, 5) is 11.9. The van der Waals surface area contributed by atoms with Crippen molar-refractivity contribution in [3.05, 3.63) is 37.2 Å². The molecule has 0 fully saturated rings. The van der Waals surface area contributed by atoms with Crippen molar-refractivity contribution in [1.82, 2.24) is 9.78 Å². The fraction of sp³-hybridized carbons (Fsp3) is 0.417. The summed E-state index contributed by atoms with van der Waals surface area (Å²) >= 11 is 7.38.